The molecule has 1 atom stereocenters. The van der Waals surface area contributed by atoms with E-state index in [1.165, 1.54) is 18.4 Å². The Morgan fingerprint density at radius 2 is 2.08 bits per heavy atom. The molecule has 1 saturated heterocycles. The number of nitrogens with zero attached hydrogens (tertiary/aromatic N) is 1. The van der Waals surface area contributed by atoms with Gasteiger partial charge in [0.1, 0.15) is 5.75 Å². The Hall–Kier alpha value is -2.05. The Morgan fingerprint density at radius 1 is 1.28 bits per heavy atom. The summed E-state index contributed by atoms with van der Waals surface area (Å²) >= 11 is 1.70. The van der Waals surface area contributed by atoms with Crippen molar-refractivity contribution in [3.05, 3.63) is 46.7 Å². The summed E-state index contributed by atoms with van der Waals surface area (Å²) in [6, 6.07) is 9.68. The SMILES string of the molecule is CCOc1ccccc1NC(=O)NCC(c1ccsc1)N1CCCC1. The number of para-hydroxylation sites is 2. The lowest BCUT2D eigenvalue weighted by atomic mass is 10.1. The number of likely N-dealkylation sites (tertiary alicyclic amines) is 1. The Bertz CT molecular complexity index is 669. The minimum absolute atomic E-state index is 0.202. The number of nitrogens with one attached hydrogen (secondary N) is 2. The van der Waals surface area contributed by atoms with Crippen molar-refractivity contribution in [2.45, 2.75) is 25.8 Å². The Morgan fingerprint density at radius 3 is 2.80 bits per heavy atom. The molecule has 25 heavy (non-hydrogen) atoms. The molecule has 6 heteroatoms. The molecule has 1 unspecified atom stereocenters. The lowest BCUT2D eigenvalue weighted by Crippen LogP contribution is -2.38. The van der Waals surface area contributed by atoms with Crippen LogP contribution >= 0.6 is 11.3 Å². The van der Waals surface area contributed by atoms with Gasteiger partial charge in [-0.15, -0.1) is 0 Å². The van der Waals surface area contributed by atoms with E-state index in [0.29, 0.717) is 24.6 Å². The van der Waals surface area contributed by atoms with Crippen LogP contribution in [0.4, 0.5) is 10.5 Å². The average Bonchev–Trinajstić information content (AvgIpc) is 3.31. The Labute approximate surface area is 153 Å². The average molecular weight is 359 g/mol. The van der Waals surface area contributed by atoms with Gasteiger partial charge >= 0.3 is 6.03 Å². The maximum absolute atomic E-state index is 12.4. The molecule has 1 aromatic heterocycles. The summed E-state index contributed by atoms with van der Waals surface area (Å²) in [5.41, 5.74) is 1.97. The Kier molecular flexibility index (Phi) is 6.30. The molecule has 2 N–H and O–H groups in total. The van der Waals surface area contributed by atoms with E-state index in [4.69, 9.17) is 4.74 Å². The summed E-state index contributed by atoms with van der Waals surface area (Å²) in [5, 5.41) is 10.2. The highest BCUT2D eigenvalue weighted by Gasteiger charge is 2.24. The van der Waals surface area contributed by atoms with Gasteiger partial charge in [0.25, 0.3) is 0 Å². The van der Waals surface area contributed by atoms with Gasteiger partial charge in [-0.25, -0.2) is 4.79 Å². The van der Waals surface area contributed by atoms with Gasteiger partial charge in [-0.3, -0.25) is 4.90 Å². The van der Waals surface area contributed by atoms with E-state index in [0.717, 1.165) is 13.1 Å². The molecule has 2 aromatic rings. The van der Waals surface area contributed by atoms with Gasteiger partial charge in [-0.1, -0.05) is 12.1 Å². The highest BCUT2D eigenvalue weighted by atomic mass is 32.1. The largest absolute Gasteiger partial charge is 0.492 e. The van der Waals surface area contributed by atoms with E-state index in [9.17, 15) is 4.79 Å². The topological polar surface area (TPSA) is 53.6 Å². The fourth-order valence-corrected chi connectivity index (χ4v) is 3.89. The highest BCUT2D eigenvalue weighted by molar-refractivity contribution is 7.07. The number of carbonyl (C=O) groups excluding carboxylic acids is 1. The highest BCUT2D eigenvalue weighted by Crippen LogP contribution is 2.27. The number of thiophene rings is 1. The molecule has 0 bridgehead atoms. The van der Waals surface area contributed by atoms with Crippen LogP contribution in [-0.4, -0.2) is 37.2 Å². The Balaban J connectivity index is 1.60. The van der Waals surface area contributed by atoms with Crippen molar-refractivity contribution < 1.29 is 9.53 Å². The third kappa shape index (κ3) is 4.74. The summed E-state index contributed by atoms with van der Waals surface area (Å²) in [6.07, 6.45) is 2.46. The third-order valence-corrected chi connectivity index (χ3v) is 5.10. The number of ether oxygens (including phenoxy) is 1. The number of urea groups is 1. The second-order valence-electron chi connectivity index (χ2n) is 6.08. The fraction of sp³-hybridized carbons (Fsp3) is 0.421. The molecule has 0 aliphatic carbocycles. The molecule has 5 nitrogen and oxygen atoms in total. The van der Waals surface area contributed by atoms with Gasteiger partial charge in [0, 0.05) is 6.54 Å². The van der Waals surface area contributed by atoms with Crippen molar-refractivity contribution >= 4 is 23.1 Å². The molecule has 0 radical (unpaired) electrons. The van der Waals surface area contributed by atoms with Crippen LogP contribution in [0.2, 0.25) is 0 Å². The van der Waals surface area contributed by atoms with Gasteiger partial charge in [0.15, 0.2) is 0 Å². The number of hydrogen-bond donors (Lipinski definition) is 2. The number of carbonyl (C=O) groups is 1. The molecule has 1 aromatic carbocycles. The summed E-state index contributed by atoms with van der Waals surface area (Å²) < 4.78 is 5.55. The third-order valence-electron chi connectivity index (χ3n) is 4.40. The van der Waals surface area contributed by atoms with Crippen molar-refractivity contribution in [1.29, 1.82) is 0 Å². The minimum Gasteiger partial charge on any atom is -0.492 e. The zero-order valence-electron chi connectivity index (χ0n) is 14.5. The van der Waals surface area contributed by atoms with E-state index in [2.05, 4.69) is 32.4 Å². The number of amides is 2. The molecule has 3 rings (SSSR count). The first kappa shape index (κ1) is 17.8. The van der Waals surface area contributed by atoms with Gasteiger partial charge in [-0.2, -0.15) is 11.3 Å². The van der Waals surface area contributed by atoms with Crippen LogP contribution in [0.1, 0.15) is 31.4 Å². The van der Waals surface area contributed by atoms with E-state index < -0.39 is 0 Å². The van der Waals surface area contributed by atoms with Crippen LogP contribution < -0.4 is 15.4 Å². The van der Waals surface area contributed by atoms with E-state index >= 15 is 0 Å². The molecular formula is C19H25N3O2S. The minimum atomic E-state index is -0.202. The van der Waals surface area contributed by atoms with Crippen molar-refractivity contribution in [2.75, 3.05) is 31.6 Å². The summed E-state index contributed by atoms with van der Waals surface area (Å²) in [7, 11) is 0. The summed E-state index contributed by atoms with van der Waals surface area (Å²) in [5.74, 6) is 0.689. The van der Waals surface area contributed by atoms with Crippen molar-refractivity contribution in [1.82, 2.24) is 10.2 Å². The number of anilines is 1. The van der Waals surface area contributed by atoms with E-state index in [1.54, 1.807) is 11.3 Å². The predicted octanol–water partition coefficient (Wildman–Crippen LogP) is 4.11. The van der Waals surface area contributed by atoms with Gasteiger partial charge in [0.05, 0.1) is 18.3 Å². The zero-order valence-corrected chi connectivity index (χ0v) is 15.3. The number of rotatable bonds is 7. The smallest absolute Gasteiger partial charge is 0.319 e. The van der Waals surface area contributed by atoms with Crippen LogP contribution in [0.3, 0.4) is 0 Å². The molecule has 2 heterocycles. The van der Waals surface area contributed by atoms with Crippen LogP contribution in [0.25, 0.3) is 0 Å². The second kappa shape index (κ2) is 8.87. The quantitative estimate of drug-likeness (QED) is 0.782. The molecular weight excluding hydrogens is 334 g/mol. The first-order valence-corrected chi connectivity index (χ1v) is 9.75. The lowest BCUT2D eigenvalue weighted by molar-refractivity contribution is 0.228. The zero-order chi connectivity index (χ0) is 17.5. The lowest BCUT2D eigenvalue weighted by Gasteiger charge is -2.27. The van der Waals surface area contributed by atoms with Crippen molar-refractivity contribution in [3.63, 3.8) is 0 Å². The number of benzene rings is 1. The van der Waals surface area contributed by atoms with Crippen LogP contribution in [0.15, 0.2) is 41.1 Å². The summed E-state index contributed by atoms with van der Waals surface area (Å²) in [4.78, 5) is 14.8. The van der Waals surface area contributed by atoms with Gasteiger partial charge in [0.2, 0.25) is 0 Å². The summed E-state index contributed by atoms with van der Waals surface area (Å²) in [6.45, 7) is 5.28. The molecule has 1 fully saturated rings. The van der Waals surface area contributed by atoms with Crippen LogP contribution in [0, 0.1) is 0 Å². The predicted molar refractivity (Wildman–Crippen MR) is 102 cm³/mol. The second-order valence-corrected chi connectivity index (χ2v) is 6.86. The standard InChI is InChI=1S/C19H25N3O2S/c1-2-24-18-8-4-3-7-16(18)21-19(23)20-13-17(15-9-12-25-14-15)22-10-5-6-11-22/h3-4,7-9,12,14,17H,2,5-6,10-11,13H2,1H3,(H2,20,21,23). The van der Waals surface area contributed by atoms with Crippen molar-refractivity contribution in [3.8, 4) is 5.75 Å². The van der Waals surface area contributed by atoms with Gasteiger partial charge < -0.3 is 15.4 Å². The molecule has 0 saturated carbocycles. The molecule has 2 amide bonds. The maximum atomic E-state index is 12.4. The molecule has 1 aliphatic heterocycles. The van der Waals surface area contributed by atoms with E-state index in [1.807, 2.05) is 31.2 Å². The molecule has 0 spiro atoms. The molecule has 134 valence electrons. The van der Waals surface area contributed by atoms with Gasteiger partial charge in [-0.05, 0) is 67.4 Å². The van der Waals surface area contributed by atoms with Crippen molar-refractivity contribution in [2.24, 2.45) is 0 Å². The monoisotopic (exact) mass is 359 g/mol. The molecule has 1 aliphatic rings. The normalized spacial score (nSPS) is 15.7. The first-order valence-electron chi connectivity index (χ1n) is 8.80. The number of hydrogen-bond acceptors (Lipinski definition) is 4. The van der Waals surface area contributed by atoms with Crippen LogP contribution in [0.5, 0.6) is 5.75 Å². The van der Waals surface area contributed by atoms with Crippen LogP contribution in [-0.2, 0) is 0 Å². The van der Waals surface area contributed by atoms with E-state index in [-0.39, 0.29) is 12.1 Å². The maximum Gasteiger partial charge on any atom is 0.319 e. The first-order chi connectivity index (χ1) is 12.3. The fourth-order valence-electron chi connectivity index (χ4n) is 3.18.